The first kappa shape index (κ1) is 12.6. The monoisotopic (exact) mass is 307 g/mol. The molecule has 0 N–H and O–H groups in total. The van der Waals surface area contributed by atoms with Crippen LogP contribution in [0.15, 0.2) is 46.9 Å². The van der Waals surface area contributed by atoms with E-state index in [2.05, 4.69) is 15.9 Å². The highest BCUT2D eigenvalue weighted by atomic mass is 79.9. The van der Waals surface area contributed by atoms with Gasteiger partial charge in [-0.2, -0.15) is 0 Å². The Kier molecular flexibility index (Phi) is 3.62. The molecule has 0 bridgehead atoms. The largest absolute Gasteiger partial charge is 0.450 e. The van der Waals surface area contributed by atoms with E-state index < -0.39 is 4.92 Å². The molecule has 0 saturated heterocycles. The fourth-order valence-corrected chi connectivity index (χ4v) is 1.94. The summed E-state index contributed by atoms with van der Waals surface area (Å²) in [7, 11) is 0. The van der Waals surface area contributed by atoms with Crippen LogP contribution in [0.3, 0.4) is 0 Å². The smallest absolute Gasteiger partial charge is 0.311 e. The maximum Gasteiger partial charge on any atom is 0.311 e. The van der Waals surface area contributed by atoms with Crippen LogP contribution >= 0.6 is 15.9 Å². The highest BCUT2D eigenvalue weighted by Gasteiger charge is 2.17. The summed E-state index contributed by atoms with van der Waals surface area (Å²) in [5, 5.41) is 10.9. The summed E-state index contributed by atoms with van der Waals surface area (Å²) in [6.45, 7) is 1.78. The van der Waals surface area contributed by atoms with E-state index in [0.717, 1.165) is 10.0 Å². The summed E-state index contributed by atoms with van der Waals surface area (Å²) in [5.74, 6) is 0.836. The number of rotatable bonds is 3. The highest BCUT2D eigenvalue weighted by Crippen LogP contribution is 2.34. The number of para-hydroxylation sites is 1. The summed E-state index contributed by atoms with van der Waals surface area (Å²) < 4.78 is 6.47. The van der Waals surface area contributed by atoms with Crippen LogP contribution in [0, 0.1) is 17.0 Å². The quantitative estimate of drug-likeness (QED) is 0.621. The molecule has 0 aliphatic carbocycles. The normalized spacial score (nSPS) is 10.1. The number of benzene rings is 2. The molecule has 2 aromatic carbocycles. The standard InChI is InChI=1S/C13H10BrNO3/c1-9-4-2-7-12(15(16)17)13(9)18-11-6-3-5-10(14)8-11/h2-8H,1H3. The molecule has 0 fully saturated rings. The van der Waals surface area contributed by atoms with Gasteiger partial charge in [0.2, 0.25) is 5.75 Å². The van der Waals surface area contributed by atoms with Gasteiger partial charge in [-0.1, -0.05) is 34.1 Å². The maximum atomic E-state index is 10.9. The van der Waals surface area contributed by atoms with Crippen LogP contribution in [-0.2, 0) is 0 Å². The lowest BCUT2D eigenvalue weighted by molar-refractivity contribution is -0.385. The SMILES string of the molecule is Cc1cccc([N+](=O)[O-])c1Oc1cccc(Br)c1. The van der Waals surface area contributed by atoms with Crippen LogP contribution in [-0.4, -0.2) is 4.92 Å². The van der Waals surface area contributed by atoms with Crippen molar-refractivity contribution >= 4 is 21.6 Å². The zero-order valence-electron chi connectivity index (χ0n) is 9.59. The molecule has 0 heterocycles. The van der Waals surface area contributed by atoms with Gasteiger partial charge in [-0.25, -0.2) is 0 Å². The zero-order chi connectivity index (χ0) is 13.1. The van der Waals surface area contributed by atoms with Crippen molar-refractivity contribution in [2.24, 2.45) is 0 Å². The fourth-order valence-electron chi connectivity index (χ4n) is 1.56. The molecule has 0 atom stereocenters. The van der Waals surface area contributed by atoms with Crippen molar-refractivity contribution in [3.8, 4) is 11.5 Å². The van der Waals surface area contributed by atoms with Gasteiger partial charge in [-0.3, -0.25) is 10.1 Å². The van der Waals surface area contributed by atoms with E-state index in [-0.39, 0.29) is 11.4 Å². The van der Waals surface area contributed by atoms with Gasteiger partial charge in [0.05, 0.1) is 4.92 Å². The molecule has 0 radical (unpaired) electrons. The molecular weight excluding hydrogens is 298 g/mol. The third-order valence-corrected chi connectivity index (χ3v) is 2.90. The molecule has 0 aliphatic rings. The Labute approximate surface area is 112 Å². The summed E-state index contributed by atoms with van der Waals surface area (Å²) in [6.07, 6.45) is 0. The number of hydrogen-bond acceptors (Lipinski definition) is 3. The van der Waals surface area contributed by atoms with Gasteiger partial charge >= 0.3 is 5.69 Å². The van der Waals surface area contributed by atoms with Crippen molar-refractivity contribution in [3.63, 3.8) is 0 Å². The van der Waals surface area contributed by atoms with E-state index in [1.807, 2.05) is 12.1 Å². The number of ether oxygens (including phenoxy) is 1. The molecule has 0 unspecified atom stereocenters. The first-order chi connectivity index (χ1) is 8.58. The van der Waals surface area contributed by atoms with Crippen LogP contribution in [0.25, 0.3) is 0 Å². The van der Waals surface area contributed by atoms with Crippen molar-refractivity contribution in [2.45, 2.75) is 6.92 Å². The Balaban J connectivity index is 2.42. The summed E-state index contributed by atoms with van der Waals surface area (Å²) in [6, 6.07) is 12.0. The Morgan fingerprint density at radius 2 is 1.94 bits per heavy atom. The van der Waals surface area contributed by atoms with E-state index in [4.69, 9.17) is 4.74 Å². The van der Waals surface area contributed by atoms with Gasteiger partial charge in [-0.05, 0) is 30.7 Å². The molecule has 0 spiro atoms. The average molecular weight is 308 g/mol. The molecular formula is C13H10BrNO3. The van der Waals surface area contributed by atoms with Crippen molar-refractivity contribution in [3.05, 3.63) is 62.6 Å². The molecule has 2 rings (SSSR count). The molecule has 4 nitrogen and oxygen atoms in total. The van der Waals surface area contributed by atoms with Gasteiger partial charge < -0.3 is 4.74 Å². The van der Waals surface area contributed by atoms with E-state index in [9.17, 15) is 10.1 Å². The van der Waals surface area contributed by atoms with Gasteiger partial charge in [0, 0.05) is 10.5 Å². The number of nitro groups is 1. The van der Waals surface area contributed by atoms with Crippen molar-refractivity contribution in [1.29, 1.82) is 0 Å². The van der Waals surface area contributed by atoms with Gasteiger partial charge in [-0.15, -0.1) is 0 Å². The Bertz CT molecular complexity index is 599. The molecule has 0 saturated carbocycles. The summed E-state index contributed by atoms with van der Waals surface area (Å²) in [5.41, 5.74) is 0.694. The second-order valence-electron chi connectivity index (χ2n) is 3.74. The average Bonchev–Trinajstić information content (AvgIpc) is 2.31. The Morgan fingerprint density at radius 3 is 2.61 bits per heavy atom. The molecule has 0 amide bonds. The lowest BCUT2D eigenvalue weighted by atomic mass is 10.2. The number of aryl methyl sites for hydroxylation is 1. The van der Waals surface area contributed by atoms with Crippen molar-refractivity contribution < 1.29 is 9.66 Å². The summed E-state index contributed by atoms with van der Waals surface area (Å²) in [4.78, 5) is 10.5. The second-order valence-corrected chi connectivity index (χ2v) is 4.66. The number of hydrogen-bond donors (Lipinski definition) is 0. The summed E-state index contributed by atoms with van der Waals surface area (Å²) >= 11 is 3.33. The maximum absolute atomic E-state index is 10.9. The molecule has 2 aromatic rings. The van der Waals surface area contributed by atoms with Crippen LogP contribution < -0.4 is 4.74 Å². The Morgan fingerprint density at radius 1 is 1.22 bits per heavy atom. The van der Waals surface area contributed by atoms with E-state index in [0.29, 0.717) is 5.75 Å². The Hall–Kier alpha value is -1.88. The molecule has 0 aliphatic heterocycles. The number of nitro benzene ring substituents is 1. The van der Waals surface area contributed by atoms with E-state index in [1.54, 1.807) is 31.2 Å². The molecule has 0 aromatic heterocycles. The second kappa shape index (κ2) is 5.18. The molecule has 92 valence electrons. The minimum absolute atomic E-state index is 0.0324. The first-order valence-electron chi connectivity index (χ1n) is 5.25. The van der Waals surface area contributed by atoms with Crippen molar-refractivity contribution in [1.82, 2.24) is 0 Å². The topological polar surface area (TPSA) is 52.4 Å². The number of halogens is 1. The van der Waals surface area contributed by atoms with Crippen LogP contribution in [0.1, 0.15) is 5.56 Å². The van der Waals surface area contributed by atoms with E-state index >= 15 is 0 Å². The predicted molar refractivity (Wildman–Crippen MR) is 72.0 cm³/mol. The fraction of sp³-hybridized carbons (Fsp3) is 0.0769. The third kappa shape index (κ3) is 2.68. The van der Waals surface area contributed by atoms with Crippen LogP contribution in [0.4, 0.5) is 5.69 Å². The highest BCUT2D eigenvalue weighted by molar-refractivity contribution is 9.10. The van der Waals surface area contributed by atoms with Crippen molar-refractivity contribution in [2.75, 3.05) is 0 Å². The minimum Gasteiger partial charge on any atom is -0.450 e. The van der Waals surface area contributed by atoms with Gasteiger partial charge in [0.25, 0.3) is 0 Å². The van der Waals surface area contributed by atoms with Gasteiger partial charge in [0.15, 0.2) is 0 Å². The first-order valence-corrected chi connectivity index (χ1v) is 6.04. The predicted octanol–water partition coefficient (Wildman–Crippen LogP) is 4.46. The third-order valence-electron chi connectivity index (χ3n) is 2.40. The number of nitrogens with zero attached hydrogens (tertiary/aromatic N) is 1. The van der Waals surface area contributed by atoms with Crippen LogP contribution in [0.5, 0.6) is 11.5 Å². The zero-order valence-corrected chi connectivity index (χ0v) is 11.2. The van der Waals surface area contributed by atoms with Gasteiger partial charge in [0.1, 0.15) is 5.75 Å². The van der Waals surface area contributed by atoms with Crippen LogP contribution in [0.2, 0.25) is 0 Å². The molecule has 5 heteroatoms. The van der Waals surface area contributed by atoms with E-state index in [1.165, 1.54) is 6.07 Å². The lowest BCUT2D eigenvalue weighted by Gasteiger charge is -2.09. The lowest BCUT2D eigenvalue weighted by Crippen LogP contribution is -1.95. The molecule has 18 heavy (non-hydrogen) atoms. The minimum atomic E-state index is -0.444.